The molecule has 4 aliphatic heterocycles. The van der Waals surface area contributed by atoms with E-state index in [4.69, 9.17) is 28.4 Å². The van der Waals surface area contributed by atoms with Crippen molar-refractivity contribution in [2.45, 2.75) is 76.1 Å². The van der Waals surface area contributed by atoms with Crippen LogP contribution in [0.15, 0.2) is 24.4 Å². The SMILES string of the molecule is CC1(C)O[C@H]2O[C@H]([C@H]3COC(C)(C)O3)[C@H](OC[C@H](O)CN3CCN(c4ccccn4)CC3)[C@H]2O1. The number of β-amino-alcohol motifs (C(OH)–C–C–N with tert-alkyl or cyclic N) is 1. The number of anilines is 1. The number of aromatic nitrogens is 1. The van der Waals surface area contributed by atoms with E-state index < -0.39 is 36.2 Å². The highest BCUT2D eigenvalue weighted by molar-refractivity contribution is 5.38. The third-order valence-electron chi connectivity index (χ3n) is 6.72. The molecule has 10 heteroatoms. The highest BCUT2D eigenvalue weighted by atomic mass is 16.8. The lowest BCUT2D eigenvalue weighted by atomic mass is 10.1. The summed E-state index contributed by atoms with van der Waals surface area (Å²) in [6, 6.07) is 5.96. The van der Waals surface area contributed by atoms with E-state index in [-0.39, 0.29) is 18.8 Å². The Morgan fingerprint density at radius 3 is 2.53 bits per heavy atom. The molecule has 0 bridgehead atoms. The Hall–Kier alpha value is -1.37. The predicted octanol–water partition coefficient (Wildman–Crippen LogP) is 0.978. The van der Waals surface area contributed by atoms with Gasteiger partial charge in [0.15, 0.2) is 17.9 Å². The van der Waals surface area contributed by atoms with Crippen LogP contribution in [0.4, 0.5) is 5.82 Å². The highest BCUT2D eigenvalue weighted by Crippen LogP contribution is 2.42. The molecule has 1 aromatic heterocycles. The van der Waals surface area contributed by atoms with Crippen molar-refractivity contribution >= 4 is 5.82 Å². The monoisotopic (exact) mass is 479 g/mol. The first-order valence-electron chi connectivity index (χ1n) is 12.2. The Bertz CT molecular complexity index is 818. The van der Waals surface area contributed by atoms with Gasteiger partial charge in [0, 0.05) is 38.9 Å². The fourth-order valence-electron chi connectivity index (χ4n) is 5.14. The topological polar surface area (TPSA) is 95.0 Å². The van der Waals surface area contributed by atoms with Crippen molar-refractivity contribution in [1.82, 2.24) is 9.88 Å². The molecule has 0 radical (unpaired) electrons. The van der Waals surface area contributed by atoms with Gasteiger partial charge in [0.05, 0.1) is 19.3 Å². The van der Waals surface area contributed by atoms with Gasteiger partial charge in [-0.1, -0.05) is 6.07 Å². The number of hydrogen-bond acceptors (Lipinski definition) is 10. The molecule has 1 aromatic rings. The standard InChI is InChI=1S/C24H37N3O7/c1-23(2)30-15-17(32-23)19-20(21-22(31-19)34-24(3,4)33-21)29-14-16(28)13-26-9-11-27(12-10-26)18-7-5-6-8-25-18/h5-8,16-17,19-22,28H,9-15H2,1-4H3/t16-,17-,19-,20+,21-,22-/m1/s1. The number of rotatable bonds is 7. The minimum absolute atomic E-state index is 0.176. The van der Waals surface area contributed by atoms with Crippen molar-refractivity contribution in [3.8, 4) is 0 Å². The highest BCUT2D eigenvalue weighted by Gasteiger charge is 2.59. The first-order chi connectivity index (χ1) is 16.2. The van der Waals surface area contributed by atoms with Crippen LogP contribution < -0.4 is 4.90 Å². The number of ether oxygens (including phenoxy) is 6. The summed E-state index contributed by atoms with van der Waals surface area (Å²) in [6.45, 7) is 12.1. The van der Waals surface area contributed by atoms with E-state index >= 15 is 0 Å². The van der Waals surface area contributed by atoms with Crippen LogP contribution in [0.25, 0.3) is 0 Å². The second kappa shape index (κ2) is 9.59. The van der Waals surface area contributed by atoms with Crippen LogP contribution in [0.1, 0.15) is 27.7 Å². The third kappa shape index (κ3) is 5.39. The molecule has 0 aliphatic carbocycles. The summed E-state index contributed by atoms with van der Waals surface area (Å²) in [7, 11) is 0. The number of piperazine rings is 1. The molecule has 4 saturated heterocycles. The van der Waals surface area contributed by atoms with Crippen molar-refractivity contribution in [2.24, 2.45) is 0 Å². The van der Waals surface area contributed by atoms with E-state index in [2.05, 4.69) is 14.8 Å². The van der Waals surface area contributed by atoms with Gasteiger partial charge in [-0.3, -0.25) is 4.90 Å². The summed E-state index contributed by atoms with van der Waals surface area (Å²) in [5, 5.41) is 10.8. The molecule has 6 atom stereocenters. The Balaban J connectivity index is 1.14. The number of aliphatic hydroxyl groups is 1. The van der Waals surface area contributed by atoms with Crippen molar-refractivity contribution < 1.29 is 33.5 Å². The van der Waals surface area contributed by atoms with Crippen molar-refractivity contribution in [2.75, 3.05) is 50.8 Å². The largest absolute Gasteiger partial charge is 0.389 e. The molecule has 0 spiro atoms. The summed E-state index contributed by atoms with van der Waals surface area (Å²) in [4.78, 5) is 8.96. The minimum Gasteiger partial charge on any atom is -0.389 e. The Labute approximate surface area is 201 Å². The molecule has 0 unspecified atom stereocenters. The molecular weight excluding hydrogens is 442 g/mol. The normalized spacial score (nSPS) is 36.0. The molecule has 4 fully saturated rings. The average Bonchev–Trinajstić information content (AvgIpc) is 3.42. The first kappa shape index (κ1) is 24.3. The molecule has 190 valence electrons. The van der Waals surface area contributed by atoms with Crippen LogP contribution in [-0.2, 0) is 28.4 Å². The molecule has 0 amide bonds. The predicted molar refractivity (Wildman–Crippen MR) is 122 cm³/mol. The van der Waals surface area contributed by atoms with Crippen LogP contribution in [0.5, 0.6) is 0 Å². The molecule has 5 heterocycles. The lowest BCUT2D eigenvalue weighted by molar-refractivity contribution is -0.237. The molecule has 10 nitrogen and oxygen atoms in total. The van der Waals surface area contributed by atoms with Crippen LogP contribution in [0, 0.1) is 0 Å². The minimum atomic E-state index is -0.750. The van der Waals surface area contributed by atoms with Crippen LogP contribution >= 0.6 is 0 Å². The summed E-state index contributed by atoms with van der Waals surface area (Å²) >= 11 is 0. The van der Waals surface area contributed by atoms with Crippen molar-refractivity contribution in [3.05, 3.63) is 24.4 Å². The molecular formula is C24H37N3O7. The van der Waals surface area contributed by atoms with E-state index in [1.807, 2.05) is 52.1 Å². The molecule has 5 rings (SSSR count). The van der Waals surface area contributed by atoms with Gasteiger partial charge in [-0.15, -0.1) is 0 Å². The van der Waals surface area contributed by atoms with Crippen molar-refractivity contribution in [3.63, 3.8) is 0 Å². The lowest BCUT2D eigenvalue weighted by Crippen LogP contribution is -2.50. The van der Waals surface area contributed by atoms with Gasteiger partial charge in [-0.05, 0) is 39.8 Å². The van der Waals surface area contributed by atoms with E-state index in [0.717, 1.165) is 32.0 Å². The maximum Gasteiger partial charge on any atom is 0.190 e. The average molecular weight is 480 g/mol. The molecule has 34 heavy (non-hydrogen) atoms. The van der Waals surface area contributed by atoms with Crippen LogP contribution in [0.3, 0.4) is 0 Å². The number of hydrogen-bond donors (Lipinski definition) is 1. The van der Waals surface area contributed by atoms with Gasteiger partial charge in [0.2, 0.25) is 0 Å². The smallest absolute Gasteiger partial charge is 0.190 e. The quantitative estimate of drug-likeness (QED) is 0.610. The Kier molecular flexibility index (Phi) is 6.86. The zero-order chi connectivity index (χ0) is 23.9. The second-order valence-electron chi connectivity index (χ2n) is 10.4. The van der Waals surface area contributed by atoms with Gasteiger partial charge in [0.25, 0.3) is 0 Å². The van der Waals surface area contributed by atoms with Crippen LogP contribution in [-0.4, -0.2) is 109 Å². The fraction of sp³-hybridized carbons (Fsp3) is 0.792. The number of pyridine rings is 1. The zero-order valence-corrected chi connectivity index (χ0v) is 20.5. The third-order valence-corrected chi connectivity index (χ3v) is 6.72. The zero-order valence-electron chi connectivity index (χ0n) is 20.5. The Morgan fingerprint density at radius 1 is 1.06 bits per heavy atom. The van der Waals surface area contributed by atoms with Gasteiger partial charge in [0.1, 0.15) is 30.2 Å². The van der Waals surface area contributed by atoms with Gasteiger partial charge >= 0.3 is 0 Å². The van der Waals surface area contributed by atoms with Gasteiger partial charge < -0.3 is 38.4 Å². The molecule has 4 aliphatic rings. The maximum absolute atomic E-state index is 10.8. The summed E-state index contributed by atoms with van der Waals surface area (Å²) in [6.07, 6.45) is -0.856. The van der Waals surface area contributed by atoms with Crippen molar-refractivity contribution in [1.29, 1.82) is 0 Å². The number of fused-ring (bicyclic) bond motifs is 1. The van der Waals surface area contributed by atoms with Crippen LogP contribution in [0.2, 0.25) is 0 Å². The lowest BCUT2D eigenvalue weighted by Gasteiger charge is -2.36. The summed E-state index contributed by atoms with van der Waals surface area (Å²) in [5.74, 6) is -0.426. The molecule has 1 N–H and O–H groups in total. The second-order valence-corrected chi connectivity index (χ2v) is 10.4. The van der Waals surface area contributed by atoms with E-state index in [0.29, 0.717) is 13.2 Å². The summed E-state index contributed by atoms with van der Waals surface area (Å²) < 4.78 is 36.2. The van der Waals surface area contributed by atoms with E-state index in [9.17, 15) is 5.11 Å². The van der Waals surface area contributed by atoms with E-state index in [1.54, 1.807) is 0 Å². The summed E-state index contributed by atoms with van der Waals surface area (Å²) in [5.41, 5.74) is 0. The Morgan fingerprint density at radius 2 is 1.85 bits per heavy atom. The fourth-order valence-corrected chi connectivity index (χ4v) is 5.14. The molecule has 0 aromatic carbocycles. The van der Waals surface area contributed by atoms with Gasteiger partial charge in [-0.2, -0.15) is 0 Å². The number of aliphatic hydroxyl groups excluding tert-OH is 1. The van der Waals surface area contributed by atoms with E-state index in [1.165, 1.54) is 0 Å². The maximum atomic E-state index is 10.8. The molecule has 0 saturated carbocycles. The first-order valence-corrected chi connectivity index (χ1v) is 12.2. The van der Waals surface area contributed by atoms with Gasteiger partial charge in [-0.25, -0.2) is 4.98 Å². The number of nitrogens with zero attached hydrogens (tertiary/aromatic N) is 3.